The number of nitrogens with zero attached hydrogens (tertiary/aromatic N) is 3. The smallest absolute Gasteiger partial charge is 0.277 e. The zero-order valence-corrected chi connectivity index (χ0v) is 20.0. The molecule has 9 heteroatoms. The van der Waals surface area contributed by atoms with Crippen LogP contribution < -0.4 is 10.6 Å². The van der Waals surface area contributed by atoms with Gasteiger partial charge in [-0.05, 0) is 64.1 Å². The summed E-state index contributed by atoms with van der Waals surface area (Å²) in [5.74, 6) is 0.103. The van der Waals surface area contributed by atoms with E-state index in [1.165, 1.54) is 0 Å². The molecule has 0 spiro atoms. The number of benzene rings is 2. The van der Waals surface area contributed by atoms with E-state index < -0.39 is 11.9 Å². The van der Waals surface area contributed by atoms with Crippen LogP contribution in [0.15, 0.2) is 59.0 Å². The normalized spacial score (nSPS) is 11.8. The fourth-order valence-electron chi connectivity index (χ4n) is 3.58. The Morgan fingerprint density at radius 3 is 2.41 bits per heavy atom. The number of rotatable bonds is 6. The lowest BCUT2D eigenvalue weighted by Crippen LogP contribution is -2.25. The Balaban J connectivity index is 1.45. The van der Waals surface area contributed by atoms with Crippen molar-refractivity contribution in [2.24, 2.45) is 0 Å². The molecular formula is C25H24ClN5O3. The van der Waals surface area contributed by atoms with Crippen molar-refractivity contribution in [2.45, 2.75) is 33.7 Å². The summed E-state index contributed by atoms with van der Waals surface area (Å²) in [6.45, 7) is 7.22. The third kappa shape index (κ3) is 4.87. The Morgan fingerprint density at radius 2 is 1.76 bits per heavy atom. The fraction of sp³-hybridized carbons (Fsp3) is 0.200. The van der Waals surface area contributed by atoms with Gasteiger partial charge >= 0.3 is 0 Å². The van der Waals surface area contributed by atoms with Crippen molar-refractivity contribution in [3.05, 3.63) is 82.5 Å². The number of aromatic nitrogens is 3. The molecule has 0 aliphatic carbocycles. The summed E-state index contributed by atoms with van der Waals surface area (Å²) in [6.07, 6.45) is 0. The van der Waals surface area contributed by atoms with Gasteiger partial charge in [-0.1, -0.05) is 29.8 Å². The minimum Gasteiger partial charge on any atom is -0.441 e. The van der Waals surface area contributed by atoms with Crippen molar-refractivity contribution in [1.29, 1.82) is 0 Å². The third-order valence-electron chi connectivity index (χ3n) is 5.31. The van der Waals surface area contributed by atoms with Crippen molar-refractivity contribution in [2.75, 3.05) is 10.6 Å². The van der Waals surface area contributed by atoms with Gasteiger partial charge in [-0.25, -0.2) is 4.98 Å². The van der Waals surface area contributed by atoms with Crippen LogP contribution in [0.3, 0.4) is 0 Å². The summed E-state index contributed by atoms with van der Waals surface area (Å²) >= 11 is 6.38. The lowest BCUT2D eigenvalue weighted by atomic mass is 10.2. The van der Waals surface area contributed by atoms with E-state index in [4.69, 9.17) is 16.0 Å². The first-order valence-corrected chi connectivity index (χ1v) is 11.1. The number of oxazole rings is 1. The predicted octanol–water partition coefficient (Wildman–Crippen LogP) is 5.57. The van der Waals surface area contributed by atoms with Crippen LogP contribution >= 0.6 is 11.6 Å². The second-order valence-corrected chi connectivity index (χ2v) is 8.38. The highest BCUT2D eigenvalue weighted by Crippen LogP contribution is 2.28. The van der Waals surface area contributed by atoms with Gasteiger partial charge in [0.15, 0.2) is 5.69 Å². The molecule has 2 aromatic carbocycles. The SMILES string of the molecule is Cc1cc(C)n(C(C)C(=O)Nc2ccc(NC(=O)c3nc(-c4ccccc4)oc3C)cc2Cl)n1. The van der Waals surface area contributed by atoms with Gasteiger partial charge in [0.2, 0.25) is 11.8 Å². The Morgan fingerprint density at radius 1 is 1.03 bits per heavy atom. The van der Waals surface area contributed by atoms with Crippen molar-refractivity contribution in [3.63, 3.8) is 0 Å². The molecule has 0 saturated heterocycles. The maximum absolute atomic E-state index is 12.8. The quantitative estimate of drug-likeness (QED) is 0.378. The number of nitrogens with one attached hydrogen (secondary N) is 2. The van der Waals surface area contributed by atoms with E-state index in [-0.39, 0.29) is 16.6 Å². The molecule has 0 aliphatic rings. The van der Waals surface area contributed by atoms with Crippen molar-refractivity contribution in [3.8, 4) is 11.5 Å². The number of hydrogen-bond acceptors (Lipinski definition) is 5. The number of amides is 2. The Labute approximate surface area is 202 Å². The van der Waals surface area contributed by atoms with Crippen LogP contribution in [0.1, 0.15) is 40.6 Å². The Hall–Kier alpha value is -3.91. The maximum Gasteiger partial charge on any atom is 0.277 e. The number of carbonyl (C=O) groups excluding carboxylic acids is 2. The average Bonchev–Trinajstić information content (AvgIpc) is 3.36. The van der Waals surface area contributed by atoms with Gasteiger partial charge in [0.1, 0.15) is 11.8 Å². The molecule has 4 rings (SSSR count). The summed E-state index contributed by atoms with van der Waals surface area (Å²) in [4.78, 5) is 29.8. The molecule has 0 fully saturated rings. The first-order valence-electron chi connectivity index (χ1n) is 10.7. The van der Waals surface area contributed by atoms with E-state index in [0.717, 1.165) is 17.0 Å². The number of carbonyl (C=O) groups is 2. The Kier molecular flexibility index (Phi) is 6.51. The summed E-state index contributed by atoms with van der Waals surface area (Å²) in [7, 11) is 0. The van der Waals surface area contributed by atoms with Gasteiger partial charge in [-0.3, -0.25) is 14.3 Å². The summed E-state index contributed by atoms with van der Waals surface area (Å²) in [6, 6.07) is 15.6. The second-order valence-electron chi connectivity index (χ2n) is 7.98. The minimum atomic E-state index is -0.516. The number of halogens is 1. The van der Waals surface area contributed by atoms with Crippen LogP contribution in [-0.2, 0) is 4.79 Å². The van der Waals surface area contributed by atoms with E-state index >= 15 is 0 Å². The van der Waals surface area contributed by atoms with E-state index in [1.54, 1.807) is 36.7 Å². The van der Waals surface area contributed by atoms with Gasteiger partial charge in [-0.15, -0.1) is 0 Å². The topological polar surface area (TPSA) is 102 Å². The zero-order chi connectivity index (χ0) is 24.4. The monoisotopic (exact) mass is 477 g/mol. The van der Waals surface area contributed by atoms with E-state index in [0.29, 0.717) is 23.0 Å². The van der Waals surface area contributed by atoms with Crippen LogP contribution in [0.2, 0.25) is 5.02 Å². The molecule has 8 nitrogen and oxygen atoms in total. The molecule has 0 aliphatic heterocycles. The molecule has 0 radical (unpaired) electrons. The molecule has 2 amide bonds. The van der Waals surface area contributed by atoms with E-state index in [2.05, 4.69) is 20.7 Å². The minimum absolute atomic E-state index is 0.186. The van der Waals surface area contributed by atoms with Crippen LogP contribution in [0, 0.1) is 20.8 Å². The first kappa shape index (κ1) is 23.3. The van der Waals surface area contributed by atoms with Gasteiger partial charge in [0.05, 0.1) is 16.4 Å². The van der Waals surface area contributed by atoms with Crippen LogP contribution in [-0.4, -0.2) is 26.6 Å². The van der Waals surface area contributed by atoms with E-state index in [1.807, 2.05) is 50.2 Å². The molecule has 4 aromatic rings. The summed E-state index contributed by atoms with van der Waals surface area (Å²) in [5, 5.41) is 10.2. The number of aryl methyl sites for hydroxylation is 3. The molecule has 174 valence electrons. The van der Waals surface area contributed by atoms with E-state index in [9.17, 15) is 9.59 Å². The number of anilines is 2. The molecule has 34 heavy (non-hydrogen) atoms. The fourth-order valence-corrected chi connectivity index (χ4v) is 3.81. The van der Waals surface area contributed by atoms with Gasteiger partial charge in [0.25, 0.3) is 5.91 Å². The molecule has 0 saturated carbocycles. The van der Waals surface area contributed by atoms with Gasteiger partial charge in [0, 0.05) is 16.9 Å². The maximum atomic E-state index is 12.8. The molecule has 0 bridgehead atoms. The highest BCUT2D eigenvalue weighted by atomic mass is 35.5. The molecule has 2 heterocycles. The lowest BCUT2D eigenvalue weighted by molar-refractivity contribution is -0.119. The zero-order valence-electron chi connectivity index (χ0n) is 19.2. The second kappa shape index (κ2) is 9.52. The van der Waals surface area contributed by atoms with Crippen molar-refractivity contribution < 1.29 is 14.0 Å². The largest absolute Gasteiger partial charge is 0.441 e. The van der Waals surface area contributed by atoms with Crippen molar-refractivity contribution in [1.82, 2.24) is 14.8 Å². The average molecular weight is 478 g/mol. The summed E-state index contributed by atoms with van der Waals surface area (Å²) in [5.41, 5.74) is 3.59. The van der Waals surface area contributed by atoms with Gasteiger partial charge < -0.3 is 15.1 Å². The highest BCUT2D eigenvalue weighted by molar-refractivity contribution is 6.34. The van der Waals surface area contributed by atoms with Gasteiger partial charge in [-0.2, -0.15) is 5.10 Å². The van der Waals surface area contributed by atoms with Crippen LogP contribution in [0.5, 0.6) is 0 Å². The van der Waals surface area contributed by atoms with Crippen LogP contribution in [0.4, 0.5) is 11.4 Å². The predicted molar refractivity (Wildman–Crippen MR) is 131 cm³/mol. The molecule has 1 unspecified atom stereocenters. The Bertz CT molecular complexity index is 1360. The third-order valence-corrected chi connectivity index (χ3v) is 5.62. The standard InChI is InChI=1S/C25H24ClN5O3/c1-14-12-15(2)31(30-14)16(3)23(32)28-21-11-10-19(13-20(21)26)27-24(33)22-17(4)34-25(29-22)18-8-6-5-7-9-18/h5-13,16H,1-4H3,(H,27,33)(H,28,32). The molecule has 1 atom stereocenters. The highest BCUT2D eigenvalue weighted by Gasteiger charge is 2.21. The molecule has 2 aromatic heterocycles. The van der Waals surface area contributed by atoms with Crippen LogP contribution in [0.25, 0.3) is 11.5 Å². The van der Waals surface area contributed by atoms with Crippen molar-refractivity contribution >= 4 is 34.8 Å². The first-order chi connectivity index (χ1) is 16.2. The lowest BCUT2D eigenvalue weighted by Gasteiger charge is -2.15. The number of hydrogen-bond donors (Lipinski definition) is 2. The molecular weight excluding hydrogens is 454 g/mol. The molecule has 2 N–H and O–H groups in total. The summed E-state index contributed by atoms with van der Waals surface area (Å²) < 4.78 is 7.33.